The number of fused-ring (bicyclic) bond motifs is 2. The number of benzene rings is 6. The van der Waals surface area contributed by atoms with Gasteiger partial charge in [0.25, 0.3) is 16.6 Å². The van der Waals surface area contributed by atoms with Gasteiger partial charge in [0, 0.05) is 13.2 Å². The normalized spacial score (nSPS) is 21.8. The zero-order valence-corrected chi connectivity index (χ0v) is 43.6. The molecule has 4 aliphatic rings. The van der Waals surface area contributed by atoms with Crippen LogP contribution in [-0.2, 0) is 35.1 Å². The Balaban J connectivity index is 0.00000216. The van der Waals surface area contributed by atoms with Crippen LogP contribution < -0.4 is 55.9 Å². The van der Waals surface area contributed by atoms with Crippen molar-refractivity contribution in [3.63, 3.8) is 0 Å². The Morgan fingerprint density at radius 1 is 0.364 bits per heavy atom. The number of hydrogen-bond acceptors (Lipinski definition) is 2. The van der Waals surface area contributed by atoms with Gasteiger partial charge in [-0.3, -0.25) is 0 Å². The van der Waals surface area contributed by atoms with E-state index in [0.717, 1.165) is 12.8 Å². The Labute approximate surface area is 427 Å². The Kier molecular flexibility index (Phi) is 17.4. The molecule has 2 nitrogen and oxygen atoms in total. The summed E-state index contributed by atoms with van der Waals surface area (Å²) in [6, 6.07) is 66.9. The molecule has 6 atom stereocenters. The average Bonchev–Trinajstić information content (AvgIpc) is 4.01. The summed E-state index contributed by atoms with van der Waals surface area (Å²) >= 11 is 0. The monoisotopic (exact) mass is 1020 g/mol. The predicted octanol–water partition coefficient (Wildman–Crippen LogP) is 3.66. The molecule has 6 unspecified atom stereocenters. The minimum absolute atomic E-state index is 0. The fourth-order valence-electron chi connectivity index (χ4n) is 12.7. The Bertz CT molecular complexity index is 2150. The predicted molar refractivity (Wildman–Crippen MR) is 268 cm³/mol. The maximum absolute atomic E-state index is 7.93. The number of allylic oxidation sites excluding steroid dienone is 8. The molecule has 0 aromatic heterocycles. The topological polar surface area (TPSA) is 18.5 Å². The molecule has 6 aromatic carbocycles. The van der Waals surface area contributed by atoms with Gasteiger partial charge in [-0.25, -0.2) is 0 Å². The Morgan fingerprint density at radius 2 is 0.621 bits per heavy atom. The van der Waals surface area contributed by atoms with Crippen molar-refractivity contribution >= 4 is 47.8 Å². The molecule has 0 amide bonds. The van der Waals surface area contributed by atoms with E-state index in [-0.39, 0.29) is 56.4 Å². The van der Waals surface area contributed by atoms with Crippen molar-refractivity contribution in [3.8, 4) is 0 Å². The largest absolute Gasteiger partial charge is 2.00 e. The van der Waals surface area contributed by atoms with E-state index < -0.39 is 16.6 Å². The molecule has 6 aromatic rings. The first-order valence-corrected chi connectivity index (χ1v) is 27.4. The van der Waals surface area contributed by atoms with E-state index in [9.17, 15) is 0 Å². The molecule has 10 rings (SSSR count). The summed E-state index contributed by atoms with van der Waals surface area (Å²) in [7, 11) is -5.88. The quantitative estimate of drug-likeness (QED) is 0.109. The Hall–Kier alpha value is -3.90. The molecule has 0 bridgehead atoms. The molecule has 7 heteroatoms. The van der Waals surface area contributed by atoms with Crippen LogP contribution in [0.1, 0.15) is 38.5 Å². The third-order valence-electron chi connectivity index (χ3n) is 15.5. The molecule has 4 aliphatic carbocycles. The van der Waals surface area contributed by atoms with Gasteiger partial charge >= 0.3 is 26.2 Å². The molecule has 0 heterocycles. The summed E-state index contributed by atoms with van der Waals surface area (Å²) in [5.41, 5.74) is -0.0295. The van der Waals surface area contributed by atoms with Crippen LogP contribution in [-0.4, -0.2) is 29.8 Å². The van der Waals surface area contributed by atoms with E-state index in [2.05, 4.69) is 231 Å². The smallest absolute Gasteiger partial charge is 1.00 e. The van der Waals surface area contributed by atoms with Gasteiger partial charge in [-0.15, -0.1) is 0 Å². The van der Waals surface area contributed by atoms with E-state index in [1.54, 1.807) is 0 Å². The summed E-state index contributed by atoms with van der Waals surface area (Å²) in [6.07, 6.45) is 26.4. The van der Waals surface area contributed by atoms with Gasteiger partial charge in [0.2, 0.25) is 0 Å². The third-order valence-corrected chi connectivity index (χ3v) is 23.6. The average molecular weight is 1020 g/mol. The zero-order chi connectivity index (χ0) is 42.4. The standard InChI is InChI=1S/C59H60O2Si2.2ClH.Zr/c1-7-25-49(26-8-1)62(50-27-9-2-10-28-50,51-29-11-3-12-30-51)60-45-43-59(57-41-39-47-23-19-21-37-55(47)57,58-42-40-48-24-20-22-38-56(48)58)44-46-61-63(52-31-13-4-14-32-52,53-33-15-5-16-34-53)54-35-17-6-18-36-54;;;/h1-38,47-48,55-58H,39-46H2;2*1H;/q;;;+2/p-2. The molecule has 0 radical (unpaired) electrons. The van der Waals surface area contributed by atoms with E-state index in [1.807, 2.05) is 0 Å². The van der Waals surface area contributed by atoms with Crippen molar-refractivity contribution in [2.75, 3.05) is 13.2 Å². The van der Waals surface area contributed by atoms with Gasteiger partial charge in [-0.1, -0.05) is 231 Å². The van der Waals surface area contributed by atoms with Gasteiger partial charge < -0.3 is 33.7 Å². The minimum Gasteiger partial charge on any atom is -1.00 e. The summed E-state index contributed by atoms with van der Waals surface area (Å²) in [5, 5.41) is 7.77. The van der Waals surface area contributed by atoms with E-state index in [1.165, 1.54) is 56.8 Å². The van der Waals surface area contributed by atoms with Gasteiger partial charge in [-0.05, 0) is 111 Å². The second kappa shape index (κ2) is 22.9. The molecule has 2 saturated carbocycles. The van der Waals surface area contributed by atoms with E-state index >= 15 is 0 Å². The Morgan fingerprint density at radius 3 is 0.894 bits per heavy atom. The number of rotatable bonds is 16. The van der Waals surface area contributed by atoms with Crippen molar-refractivity contribution in [1.82, 2.24) is 0 Å². The van der Waals surface area contributed by atoms with Gasteiger partial charge in [0.15, 0.2) is 0 Å². The van der Waals surface area contributed by atoms with Crippen LogP contribution in [0.2, 0.25) is 0 Å². The van der Waals surface area contributed by atoms with Gasteiger partial charge in [-0.2, -0.15) is 0 Å². The van der Waals surface area contributed by atoms with Crippen LogP contribution in [0.15, 0.2) is 231 Å². The van der Waals surface area contributed by atoms with Gasteiger partial charge in [0.1, 0.15) is 0 Å². The van der Waals surface area contributed by atoms with Crippen molar-refractivity contribution in [2.24, 2.45) is 40.9 Å². The van der Waals surface area contributed by atoms with Crippen LogP contribution in [0.5, 0.6) is 0 Å². The molecule has 334 valence electrons. The first-order chi connectivity index (χ1) is 31.2. The first-order valence-electron chi connectivity index (χ1n) is 23.5. The first kappa shape index (κ1) is 50.0. The molecule has 0 saturated heterocycles. The van der Waals surface area contributed by atoms with Crippen LogP contribution in [0.25, 0.3) is 0 Å². The SMILES string of the molecule is C1=CC2CCC(C(CCO[Si](c3ccccc3)(c3ccccc3)c3ccccc3)(CCO[Si](c3ccccc3)(c3ccccc3)c3ccccc3)C3CCC4C=CC=CC43)C2C=C1.[Cl-].[Cl-].[Zr+2]. The van der Waals surface area contributed by atoms with Crippen molar-refractivity contribution in [2.45, 2.75) is 38.5 Å². The summed E-state index contributed by atoms with van der Waals surface area (Å²) in [4.78, 5) is 0. The summed E-state index contributed by atoms with van der Waals surface area (Å²) < 4.78 is 15.9. The summed E-state index contributed by atoms with van der Waals surface area (Å²) in [6.45, 7) is 1.37. The van der Waals surface area contributed by atoms with Gasteiger partial charge in [0.05, 0.1) is 0 Å². The number of hydrogen-bond donors (Lipinski definition) is 0. The van der Waals surface area contributed by atoms with Crippen LogP contribution >= 0.6 is 0 Å². The van der Waals surface area contributed by atoms with E-state index in [4.69, 9.17) is 8.85 Å². The second-order valence-electron chi connectivity index (χ2n) is 18.4. The van der Waals surface area contributed by atoms with E-state index in [0.29, 0.717) is 48.7 Å². The molecular weight excluding hydrogens is 959 g/mol. The van der Waals surface area contributed by atoms with Crippen molar-refractivity contribution in [1.29, 1.82) is 0 Å². The fourth-order valence-corrected chi connectivity index (χ4v) is 20.5. The molecule has 0 aliphatic heterocycles. The fraction of sp³-hybridized carbons (Fsp3) is 0.254. The second-order valence-corrected chi connectivity index (χ2v) is 25.1. The third kappa shape index (κ3) is 9.57. The minimum atomic E-state index is -2.94. The molecule has 0 spiro atoms. The summed E-state index contributed by atoms with van der Waals surface area (Å²) in [5.74, 6) is 3.21. The maximum Gasteiger partial charge on any atom is 2.00 e. The molecular formula is C59H60Cl2O2Si2Zr. The zero-order valence-electron chi connectivity index (χ0n) is 37.6. The van der Waals surface area contributed by atoms with Crippen LogP contribution in [0, 0.1) is 40.9 Å². The van der Waals surface area contributed by atoms with Crippen molar-refractivity contribution < 1.29 is 59.9 Å². The van der Waals surface area contributed by atoms with Crippen molar-refractivity contribution in [3.05, 3.63) is 231 Å². The molecule has 2 fully saturated rings. The molecule has 0 N–H and O–H groups in total. The van der Waals surface area contributed by atoms with Crippen LogP contribution in [0.3, 0.4) is 0 Å². The maximum atomic E-state index is 7.93. The van der Waals surface area contributed by atoms with Crippen LogP contribution in [0.4, 0.5) is 0 Å². The molecule has 66 heavy (non-hydrogen) atoms. The number of halogens is 2.